The standard InChI is InChI=1S/C15H24N4O/c1-11-7-14(8-16)10-18-15(11)19-5-3-13(4-6-19)9-17-12(2)20/h7,10,13H,3-6,8-9,16H2,1-2H3,(H,17,20). The zero-order chi connectivity index (χ0) is 14.5. The van der Waals surface area contributed by atoms with E-state index >= 15 is 0 Å². The molecule has 110 valence electrons. The molecule has 0 unspecified atom stereocenters. The molecule has 0 bridgehead atoms. The van der Waals surface area contributed by atoms with Crippen molar-refractivity contribution in [2.24, 2.45) is 11.7 Å². The van der Waals surface area contributed by atoms with E-state index in [4.69, 9.17) is 5.73 Å². The number of rotatable bonds is 4. The van der Waals surface area contributed by atoms with Crippen molar-refractivity contribution in [2.75, 3.05) is 24.5 Å². The Bertz CT molecular complexity index is 467. The third-order valence-corrected chi connectivity index (χ3v) is 3.90. The van der Waals surface area contributed by atoms with Crippen LogP contribution in [-0.4, -0.2) is 30.5 Å². The van der Waals surface area contributed by atoms with E-state index in [-0.39, 0.29) is 5.91 Å². The van der Waals surface area contributed by atoms with Crippen molar-refractivity contribution in [1.29, 1.82) is 0 Å². The van der Waals surface area contributed by atoms with E-state index in [0.717, 1.165) is 43.9 Å². The summed E-state index contributed by atoms with van der Waals surface area (Å²) < 4.78 is 0. The average Bonchev–Trinajstić information content (AvgIpc) is 2.45. The second-order valence-corrected chi connectivity index (χ2v) is 5.56. The molecule has 1 aliphatic heterocycles. The molecule has 20 heavy (non-hydrogen) atoms. The minimum Gasteiger partial charge on any atom is -0.356 e. The lowest BCUT2D eigenvalue weighted by Gasteiger charge is -2.33. The van der Waals surface area contributed by atoms with Crippen LogP contribution in [0.1, 0.15) is 30.9 Å². The zero-order valence-corrected chi connectivity index (χ0v) is 12.4. The van der Waals surface area contributed by atoms with Crippen LogP contribution >= 0.6 is 0 Å². The third-order valence-electron chi connectivity index (χ3n) is 3.90. The second kappa shape index (κ2) is 6.70. The summed E-state index contributed by atoms with van der Waals surface area (Å²) in [7, 11) is 0. The van der Waals surface area contributed by atoms with E-state index in [9.17, 15) is 4.79 Å². The molecule has 5 heteroatoms. The first kappa shape index (κ1) is 14.8. The quantitative estimate of drug-likeness (QED) is 0.867. The van der Waals surface area contributed by atoms with Crippen LogP contribution in [0, 0.1) is 12.8 Å². The predicted octanol–water partition coefficient (Wildman–Crippen LogP) is 1.20. The number of pyridine rings is 1. The first-order valence-electron chi connectivity index (χ1n) is 7.25. The number of nitrogens with one attached hydrogen (secondary N) is 1. The number of anilines is 1. The second-order valence-electron chi connectivity index (χ2n) is 5.56. The van der Waals surface area contributed by atoms with Gasteiger partial charge in [0.2, 0.25) is 5.91 Å². The van der Waals surface area contributed by atoms with Crippen molar-refractivity contribution in [1.82, 2.24) is 10.3 Å². The van der Waals surface area contributed by atoms with Crippen LogP contribution in [0.4, 0.5) is 5.82 Å². The van der Waals surface area contributed by atoms with Gasteiger partial charge in [0.15, 0.2) is 0 Å². The number of aromatic nitrogens is 1. The maximum Gasteiger partial charge on any atom is 0.216 e. The predicted molar refractivity (Wildman–Crippen MR) is 80.5 cm³/mol. The van der Waals surface area contributed by atoms with Crippen LogP contribution in [0.5, 0.6) is 0 Å². The largest absolute Gasteiger partial charge is 0.356 e. The summed E-state index contributed by atoms with van der Waals surface area (Å²) >= 11 is 0. The summed E-state index contributed by atoms with van der Waals surface area (Å²) in [6.45, 7) is 6.99. The van der Waals surface area contributed by atoms with Crippen LogP contribution in [-0.2, 0) is 11.3 Å². The first-order valence-corrected chi connectivity index (χ1v) is 7.25. The highest BCUT2D eigenvalue weighted by Crippen LogP contribution is 2.24. The number of nitrogens with zero attached hydrogens (tertiary/aromatic N) is 2. The Morgan fingerprint density at radius 2 is 2.20 bits per heavy atom. The van der Waals surface area contributed by atoms with E-state index in [1.807, 2.05) is 6.20 Å². The van der Waals surface area contributed by atoms with Gasteiger partial charge >= 0.3 is 0 Å². The maximum absolute atomic E-state index is 10.9. The van der Waals surface area contributed by atoms with Crippen LogP contribution in [0.25, 0.3) is 0 Å². The van der Waals surface area contributed by atoms with Gasteiger partial charge in [-0.15, -0.1) is 0 Å². The van der Waals surface area contributed by atoms with Gasteiger partial charge in [0, 0.05) is 39.3 Å². The Morgan fingerprint density at radius 3 is 2.75 bits per heavy atom. The normalized spacial score (nSPS) is 16.2. The van der Waals surface area contributed by atoms with E-state index in [1.165, 1.54) is 5.56 Å². The highest BCUT2D eigenvalue weighted by Gasteiger charge is 2.21. The number of nitrogens with two attached hydrogens (primary N) is 1. The molecule has 5 nitrogen and oxygen atoms in total. The lowest BCUT2D eigenvalue weighted by atomic mass is 9.96. The summed E-state index contributed by atoms with van der Waals surface area (Å²) in [4.78, 5) is 17.8. The number of piperidine rings is 1. The van der Waals surface area contributed by atoms with E-state index in [2.05, 4.69) is 28.2 Å². The van der Waals surface area contributed by atoms with Crippen molar-refractivity contribution in [3.8, 4) is 0 Å². The van der Waals surface area contributed by atoms with Crippen molar-refractivity contribution in [3.05, 3.63) is 23.4 Å². The summed E-state index contributed by atoms with van der Waals surface area (Å²) in [5.74, 6) is 1.71. The SMILES string of the molecule is CC(=O)NCC1CCN(c2ncc(CN)cc2C)CC1. The zero-order valence-electron chi connectivity index (χ0n) is 12.4. The van der Waals surface area contributed by atoms with Gasteiger partial charge in [-0.3, -0.25) is 4.79 Å². The number of amides is 1. The van der Waals surface area contributed by atoms with Crippen molar-refractivity contribution >= 4 is 11.7 Å². The molecule has 0 spiro atoms. The number of carbonyl (C=O) groups is 1. The van der Waals surface area contributed by atoms with Crippen molar-refractivity contribution in [3.63, 3.8) is 0 Å². The Kier molecular flexibility index (Phi) is 4.95. The topological polar surface area (TPSA) is 71.2 Å². The monoisotopic (exact) mass is 276 g/mol. The molecule has 0 atom stereocenters. The van der Waals surface area contributed by atoms with Gasteiger partial charge in [0.05, 0.1) is 0 Å². The minimum absolute atomic E-state index is 0.0577. The Hall–Kier alpha value is -1.62. The van der Waals surface area contributed by atoms with E-state index in [1.54, 1.807) is 6.92 Å². The van der Waals surface area contributed by atoms with E-state index in [0.29, 0.717) is 12.5 Å². The average molecular weight is 276 g/mol. The van der Waals surface area contributed by atoms with Crippen molar-refractivity contribution in [2.45, 2.75) is 33.2 Å². The van der Waals surface area contributed by atoms with E-state index < -0.39 is 0 Å². The molecule has 2 rings (SSSR count). The molecule has 1 aliphatic rings. The maximum atomic E-state index is 10.9. The summed E-state index contributed by atoms with van der Waals surface area (Å²) in [5.41, 5.74) is 7.90. The lowest BCUT2D eigenvalue weighted by molar-refractivity contribution is -0.119. The number of carbonyl (C=O) groups excluding carboxylic acids is 1. The molecule has 0 saturated carbocycles. The summed E-state index contributed by atoms with van der Waals surface area (Å²) in [6, 6.07) is 2.12. The van der Waals surface area contributed by atoms with Gasteiger partial charge in [-0.1, -0.05) is 0 Å². The molecule has 0 radical (unpaired) electrons. The molecule has 3 N–H and O–H groups in total. The fourth-order valence-electron chi connectivity index (χ4n) is 2.71. The summed E-state index contributed by atoms with van der Waals surface area (Å²) in [5, 5.41) is 2.91. The number of hydrogen-bond acceptors (Lipinski definition) is 4. The molecule has 0 aromatic carbocycles. The molecule has 1 fully saturated rings. The van der Waals surface area contributed by atoms with Gasteiger partial charge < -0.3 is 16.0 Å². The fourth-order valence-corrected chi connectivity index (χ4v) is 2.71. The smallest absolute Gasteiger partial charge is 0.216 e. The molecule has 1 aromatic rings. The third kappa shape index (κ3) is 3.70. The molecule has 1 saturated heterocycles. The van der Waals surface area contributed by atoms with Gasteiger partial charge in [-0.2, -0.15) is 0 Å². The van der Waals surface area contributed by atoms with Gasteiger partial charge in [-0.05, 0) is 42.9 Å². The van der Waals surface area contributed by atoms with Crippen LogP contribution < -0.4 is 16.0 Å². The number of aryl methyl sites for hydroxylation is 1. The molecule has 1 amide bonds. The minimum atomic E-state index is 0.0577. The molecule has 1 aromatic heterocycles. The van der Waals surface area contributed by atoms with Crippen molar-refractivity contribution < 1.29 is 4.79 Å². The Morgan fingerprint density at radius 1 is 1.50 bits per heavy atom. The first-order chi connectivity index (χ1) is 9.60. The number of hydrogen-bond donors (Lipinski definition) is 2. The Labute approximate surface area is 120 Å². The highest BCUT2D eigenvalue weighted by molar-refractivity contribution is 5.72. The van der Waals surface area contributed by atoms with Gasteiger partial charge in [-0.25, -0.2) is 4.98 Å². The summed E-state index contributed by atoms with van der Waals surface area (Å²) in [6.07, 6.45) is 4.06. The molecular weight excluding hydrogens is 252 g/mol. The molecular formula is C15H24N4O. The van der Waals surface area contributed by atoms with Gasteiger partial charge in [0.1, 0.15) is 5.82 Å². The molecule has 2 heterocycles. The Balaban J connectivity index is 1.92. The van der Waals surface area contributed by atoms with Crippen LogP contribution in [0.2, 0.25) is 0 Å². The fraction of sp³-hybridized carbons (Fsp3) is 0.600. The lowest BCUT2D eigenvalue weighted by Crippen LogP contribution is -2.38. The molecule has 0 aliphatic carbocycles. The highest BCUT2D eigenvalue weighted by atomic mass is 16.1. The van der Waals surface area contributed by atoms with Crippen LogP contribution in [0.3, 0.4) is 0 Å². The van der Waals surface area contributed by atoms with Crippen LogP contribution in [0.15, 0.2) is 12.3 Å². The van der Waals surface area contributed by atoms with Gasteiger partial charge in [0.25, 0.3) is 0 Å².